The van der Waals surface area contributed by atoms with Crippen LogP contribution in [0.25, 0.3) is 0 Å². The number of nitrogens with zero attached hydrogens (tertiary/aromatic N) is 3. The molecule has 1 N–H and O–H groups in total. The number of morpholine rings is 1. The fourth-order valence-corrected chi connectivity index (χ4v) is 3.26. The molecule has 0 aromatic carbocycles. The van der Waals surface area contributed by atoms with Crippen molar-refractivity contribution in [3.63, 3.8) is 0 Å². The normalized spacial score (nSPS) is 22.9. The Morgan fingerprint density at radius 3 is 2.86 bits per heavy atom. The zero-order valence-electron chi connectivity index (χ0n) is 12.5. The fraction of sp³-hybridized carbons (Fsp3) is 0.667. The number of aromatic nitrogens is 2. The average Bonchev–Trinajstić information content (AvgIpc) is 3.17. The van der Waals surface area contributed by atoms with Crippen LogP contribution < -0.4 is 0 Å². The molecule has 7 heteroatoms. The van der Waals surface area contributed by atoms with Gasteiger partial charge in [0.2, 0.25) is 0 Å². The third-order valence-electron chi connectivity index (χ3n) is 4.42. The van der Waals surface area contributed by atoms with Gasteiger partial charge in [0.25, 0.3) is 5.91 Å². The van der Waals surface area contributed by atoms with E-state index in [0.717, 1.165) is 12.8 Å². The third kappa shape index (κ3) is 3.14. The Balaban J connectivity index is 1.72. The molecule has 2 heterocycles. The van der Waals surface area contributed by atoms with Gasteiger partial charge in [-0.25, -0.2) is 0 Å². The maximum absolute atomic E-state index is 12.6. The van der Waals surface area contributed by atoms with Gasteiger partial charge >= 0.3 is 5.97 Å². The van der Waals surface area contributed by atoms with Gasteiger partial charge in [-0.3, -0.25) is 14.3 Å². The third-order valence-corrected chi connectivity index (χ3v) is 4.42. The summed E-state index contributed by atoms with van der Waals surface area (Å²) < 4.78 is 7.18. The van der Waals surface area contributed by atoms with Crippen LogP contribution >= 0.6 is 0 Å². The molecule has 1 saturated carbocycles. The minimum Gasteiger partial charge on any atom is -0.481 e. The summed E-state index contributed by atoms with van der Waals surface area (Å²) in [5, 5.41) is 13.4. The van der Waals surface area contributed by atoms with Gasteiger partial charge in [0.1, 0.15) is 5.69 Å². The Morgan fingerprint density at radius 1 is 1.36 bits per heavy atom. The summed E-state index contributed by atoms with van der Waals surface area (Å²) in [7, 11) is 0. The minimum atomic E-state index is -0.926. The molecular formula is C15H21N3O4. The molecular weight excluding hydrogens is 286 g/mol. The van der Waals surface area contributed by atoms with Crippen LogP contribution in [0.3, 0.4) is 0 Å². The van der Waals surface area contributed by atoms with E-state index in [1.54, 1.807) is 11.0 Å². The highest BCUT2D eigenvalue weighted by atomic mass is 16.5. The van der Waals surface area contributed by atoms with Crippen molar-refractivity contribution in [1.82, 2.24) is 14.7 Å². The number of amides is 1. The van der Waals surface area contributed by atoms with Crippen LogP contribution in [0.1, 0.15) is 48.6 Å². The van der Waals surface area contributed by atoms with Crippen molar-refractivity contribution in [1.29, 1.82) is 0 Å². The smallest absolute Gasteiger partial charge is 0.305 e. The molecule has 0 radical (unpaired) electrons. The number of carboxylic acid groups (broad SMARTS) is 1. The van der Waals surface area contributed by atoms with Gasteiger partial charge in [0.05, 0.1) is 31.7 Å². The van der Waals surface area contributed by atoms with E-state index in [1.807, 2.05) is 10.9 Å². The first-order chi connectivity index (χ1) is 10.6. The lowest BCUT2D eigenvalue weighted by Crippen LogP contribution is -2.49. The van der Waals surface area contributed by atoms with E-state index in [2.05, 4.69) is 5.10 Å². The summed E-state index contributed by atoms with van der Waals surface area (Å²) in [6.07, 6.45) is 6.38. The first-order valence-corrected chi connectivity index (χ1v) is 7.81. The van der Waals surface area contributed by atoms with Crippen LogP contribution in [-0.2, 0) is 9.53 Å². The molecule has 1 aromatic rings. The van der Waals surface area contributed by atoms with E-state index in [9.17, 15) is 9.59 Å². The fourth-order valence-electron chi connectivity index (χ4n) is 3.26. The van der Waals surface area contributed by atoms with E-state index < -0.39 is 12.0 Å². The second-order valence-corrected chi connectivity index (χ2v) is 5.94. The maximum atomic E-state index is 12.6. The summed E-state index contributed by atoms with van der Waals surface area (Å²) >= 11 is 0. The topological polar surface area (TPSA) is 84.7 Å². The van der Waals surface area contributed by atoms with E-state index in [4.69, 9.17) is 9.84 Å². The number of carbonyl (C=O) groups excluding carboxylic acids is 1. The highest BCUT2D eigenvalue weighted by Crippen LogP contribution is 2.28. The lowest BCUT2D eigenvalue weighted by Gasteiger charge is -2.34. The molecule has 1 aliphatic heterocycles. The van der Waals surface area contributed by atoms with Gasteiger partial charge < -0.3 is 14.7 Å². The number of carbonyl (C=O) groups is 2. The van der Waals surface area contributed by atoms with Crippen molar-refractivity contribution in [3.05, 3.63) is 18.0 Å². The number of rotatable bonds is 4. The van der Waals surface area contributed by atoms with Crippen LogP contribution in [0.4, 0.5) is 0 Å². The van der Waals surface area contributed by atoms with E-state index in [0.29, 0.717) is 24.9 Å². The van der Waals surface area contributed by atoms with E-state index in [-0.39, 0.29) is 18.9 Å². The lowest BCUT2D eigenvalue weighted by atomic mass is 10.1. The summed E-state index contributed by atoms with van der Waals surface area (Å²) in [6.45, 7) is 1.11. The molecule has 1 atom stereocenters. The number of ether oxygens (including phenoxy) is 1. The molecule has 2 aliphatic rings. The van der Waals surface area contributed by atoms with Crippen molar-refractivity contribution in [3.8, 4) is 0 Å². The van der Waals surface area contributed by atoms with Gasteiger partial charge in [-0.1, -0.05) is 12.8 Å². The standard InChI is InChI=1S/C15H21N3O4/c19-14(20)9-12-10-22-8-7-17(12)15(21)13-5-6-18(16-13)11-3-1-2-4-11/h5-6,11-12H,1-4,7-10H2,(H,19,20). The molecule has 1 aromatic heterocycles. The maximum Gasteiger partial charge on any atom is 0.305 e. The quantitative estimate of drug-likeness (QED) is 0.906. The van der Waals surface area contributed by atoms with Crippen LogP contribution in [0.5, 0.6) is 0 Å². The largest absolute Gasteiger partial charge is 0.481 e. The molecule has 1 unspecified atom stereocenters. The zero-order valence-corrected chi connectivity index (χ0v) is 12.5. The molecule has 1 amide bonds. The summed E-state index contributed by atoms with van der Waals surface area (Å²) in [4.78, 5) is 25.1. The predicted octanol–water partition coefficient (Wildman–Crippen LogP) is 1.31. The van der Waals surface area contributed by atoms with Gasteiger partial charge in [0.15, 0.2) is 0 Å². The molecule has 120 valence electrons. The predicted molar refractivity (Wildman–Crippen MR) is 77.6 cm³/mol. The van der Waals surface area contributed by atoms with Crippen molar-refractivity contribution in [2.24, 2.45) is 0 Å². The summed E-state index contributed by atoms with van der Waals surface area (Å²) in [6, 6.07) is 1.70. The molecule has 3 rings (SSSR count). The molecule has 0 bridgehead atoms. The van der Waals surface area contributed by atoms with Crippen molar-refractivity contribution < 1.29 is 19.4 Å². The zero-order chi connectivity index (χ0) is 15.5. The molecule has 0 spiro atoms. The van der Waals surface area contributed by atoms with Crippen LogP contribution in [0.15, 0.2) is 12.3 Å². The molecule has 22 heavy (non-hydrogen) atoms. The number of carboxylic acids is 1. The number of hydrogen-bond donors (Lipinski definition) is 1. The summed E-state index contributed by atoms with van der Waals surface area (Å²) in [5.41, 5.74) is 0.393. The minimum absolute atomic E-state index is 0.102. The van der Waals surface area contributed by atoms with E-state index >= 15 is 0 Å². The monoisotopic (exact) mass is 307 g/mol. The molecule has 1 aliphatic carbocycles. The second kappa shape index (κ2) is 6.48. The Hall–Kier alpha value is -1.89. The van der Waals surface area contributed by atoms with Crippen LogP contribution in [0, 0.1) is 0 Å². The van der Waals surface area contributed by atoms with Crippen LogP contribution in [0.2, 0.25) is 0 Å². The van der Waals surface area contributed by atoms with Crippen molar-refractivity contribution >= 4 is 11.9 Å². The highest BCUT2D eigenvalue weighted by Gasteiger charge is 2.31. The Labute approximate surface area is 128 Å². The van der Waals surface area contributed by atoms with Crippen LogP contribution in [-0.4, -0.2) is 57.5 Å². The first-order valence-electron chi connectivity index (χ1n) is 7.81. The Kier molecular flexibility index (Phi) is 4.42. The first kappa shape index (κ1) is 15.0. The summed E-state index contributed by atoms with van der Waals surface area (Å²) in [5.74, 6) is -1.13. The van der Waals surface area contributed by atoms with Gasteiger partial charge in [-0.2, -0.15) is 5.10 Å². The lowest BCUT2D eigenvalue weighted by molar-refractivity contribution is -0.139. The highest BCUT2D eigenvalue weighted by molar-refractivity contribution is 5.92. The number of hydrogen-bond acceptors (Lipinski definition) is 4. The Morgan fingerprint density at radius 2 is 2.14 bits per heavy atom. The van der Waals surface area contributed by atoms with E-state index in [1.165, 1.54) is 12.8 Å². The second-order valence-electron chi connectivity index (χ2n) is 5.94. The van der Waals surface area contributed by atoms with Crippen molar-refractivity contribution in [2.75, 3.05) is 19.8 Å². The van der Waals surface area contributed by atoms with Gasteiger partial charge in [0, 0.05) is 12.7 Å². The Bertz CT molecular complexity index is 551. The SMILES string of the molecule is O=C(O)CC1COCCN1C(=O)c1ccn(C2CCCC2)n1. The van der Waals surface area contributed by atoms with Gasteiger partial charge in [-0.15, -0.1) is 0 Å². The average molecular weight is 307 g/mol. The van der Waals surface area contributed by atoms with Crippen molar-refractivity contribution in [2.45, 2.75) is 44.2 Å². The molecule has 2 fully saturated rings. The van der Waals surface area contributed by atoms with Gasteiger partial charge in [-0.05, 0) is 18.9 Å². The molecule has 7 nitrogen and oxygen atoms in total. The molecule has 1 saturated heterocycles. The number of aliphatic carboxylic acids is 1.